The van der Waals surface area contributed by atoms with Crippen molar-refractivity contribution in [3.8, 4) is 0 Å². The van der Waals surface area contributed by atoms with Crippen LogP contribution >= 0.6 is 0 Å². The standard InChI is InChI=1S/C15H22FN3O6/c1-3-4-8(2)24-15(23)18-10-5-6-19(14(22)17-10)13-12(21)11(20)9(7-16)25-13/h5-6,8-9,11-13,20-21H,3-4,7H2,1-2H3,(H,17,18,22,23)/t8?,9-,11-,12-,13-/m1/s1. The molecule has 1 aliphatic heterocycles. The Balaban J connectivity index is 2.06. The Morgan fingerprint density at radius 1 is 1.52 bits per heavy atom. The lowest BCUT2D eigenvalue weighted by atomic mass is 10.1. The van der Waals surface area contributed by atoms with Crippen molar-refractivity contribution in [2.75, 3.05) is 12.0 Å². The lowest BCUT2D eigenvalue weighted by Crippen LogP contribution is -2.36. The topological polar surface area (TPSA) is 123 Å². The third-order valence-corrected chi connectivity index (χ3v) is 3.83. The molecule has 1 fully saturated rings. The first-order chi connectivity index (χ1) is 11.9. The Labute approximate surface area is 143 Å². The number of carbonyl (C=O) groups is 1. The fourth-order valence-corrected chi connectivity index (χ4v) is 2.54. The summed E-state index contributed by atoms with van der Waals surface area (Å²) in [5.41, 5.74) is -0.838. The van der Waals surface area contributed by atoms with Crippen molar-refractivity contribution in [1.29, 1.82) is 0 Å². The van der Waals surface area contributed by atoms with Gasteiger partial charge in [0.2, 0.25) is 0 Å². The number of ether oxygens (including phenoxy) is 2. The normalized spacial score (nSPS) is 27.1. The molecule has 0 saturated carbocycles. The van der Waals surface area contributed by atoms with Crippen LogP contribution < -0.4 is 11.0 Å². The molecule has 25 heavy (non-hydrogen) atoms. The van der Waals surface area contributed by atoms with Gasteiger partial charge in [0.25, 0.3) is 0 Å². The van der Waals surface area contributed by atoms with Crippen LogP contribution in [0.5, 0.6) is 0 Å². The van der Waals surface area contributed by atoms with Crippen LogP contribution in [0.15, 0.2) is 17.1 Å². The number of hydrogen-bond donors (Lipinski definition) is 3. The van der Waals surface area contributed by atoms with Gasteiger partial charge in [0, 0.05) is 6.20 Å². The molecular weight excluding hydrogens is 337 g/mol. The number of aliphatic hydroxyl groups is 2. The van der Waals surface area contributed by atoms with Gasteiger partial charge >= 0.3 is 11.8 Å². The molecule has 10 heteroatoms. The second-order valence-corrected chi connectivity index (χ2v) is 5.83. The van der Waals surface area contributed by atoms with Crippen LogP contribution in [0.1, 0.15) is 32.9 Å². The van der Waals surface area contributed by atoms with Gasteiger partial charge in [-0.2, -0.15) is 4.98 Å². The summed E-state index contributed by atoms with van der Waals surface area (Å²) in [4.78, 5) is 27.4. The largest absolute Gasteiger partial charge is 0.446 e. The minimum Gasteiger partial charge on any atom is -0.446 e. The maximum atomic E-state index is 12.7. The number of anilines is 1. The molecule has 0 radical (unpaired) electrons. The zero-order valence-electron chi connectivity index (χ0n) is 14.0. The predicted octanol–water partition coefficient (Wildman–Crippen LogP) is 0.569. The molecule has 1 aromatic rings. The molecule has 0 aromatic carbocycles. The molecule has 140 valence electrons. The first kappa shape index (κ1) is 19.3. The number of nitrogens with one attached hydrogen (secondary N) is 1. The maximum absolute atomic E-state index is 12.7. The molecule has 1 unspecified atom stereocenters. The second kappa shape index (κ2) is 8.37. The van der Waals surface area contributed by atoms with E-state index in [-0.39, 0.29) is 11.9 Å². The molecule has 5 atom stereocenters. The predicted molar refractivity (Wildman–Crippen MR) is 84.9 cm³/mol. The number of rotatable bonds is 6. The van der Waals surface area contributed by atoms with Gasteiger partial charge in [-0.25, -0.2) is 14.0 Å². The lowest BCUT2D eigenvalue weighted by molar-refractivity contribution is -0.0453. The highest BCUT2D eigenvalue weighted by atomic mass is 19.1. The van der Waals surface area contributed by atoms with Crippen molar-refractivity contribution in [2.45, 2.75) is 57.3 Å². The monoisotopic (exact) mass is 359 g/mol. The van der Waals surface area contributed by atoms with Crippen LogP contribution in [0.3, 0.4) is 0 Å². The average Bonchev–Trinajstić information content (AvgIpc) is 2.83. The molecule has 9 nitrogen and oxygen atoms in total. The summed E-state index contributed by atoms with van der Waals surface area (Å²) in [6, 6.07) is 1.30. The van der Waals surface area contributed by atoms with Gasteiger partial charge in [0.1, 0.15) is 36.9 Å². The van der Waals surface area contributed by atoms with E-state index >= 15 is 0 Å². The Morgan fingerprint density at radius 2 is 2.24 bits per heavy atom. The molecule has 0 spiro atoms. The van der Waals surface area contributed by atoms with Crippen LogP contribution in [-0.2, 0) is 9.47 Å². The Bertz CT molecular complexity index is 654. The summed E-state index contributed by atoms with van der Waals surface area (Å²) < 4.78 is 23.9. The molecule has 1 aromatic heterocycles. The highest BCUT2D eigenvalue weighted by Gasteiger charge is 2.44. The van der Waals surface area contributed by atoms with E-state index in [2.05, 4.69) is 10.3 Å². The van der Waals surface area contributed by atoms with Crippen molar-refractivity contribution in [3.05, 3.63) is 22.7 Å². The zero-order valence-corrected chi connectivity index (χ0v) is 14.0. The molecule has 2 rings (SSSR count). The van der Waals surface area contributed by atoms with Gasteiger partial charge in [-0.15, -0.1) is 0 Å². The van der Waals surface area contributed by atoms with Crippen LogP contribution in [0.2, 0.25) is 0 Å². The van der Waals surface area contributed by atoms with E-state index in [4.69, 9.17) is 9.47 Å². The summed E-state index contributed by atoms with van der Waals surface area (Å²) in [6.45, 7) is 2.71. The van der Waals surface area contributed by atoms with Crippen molar-refractivity contribution >= 4 is 11.9 Å². The van der Waals surface area contributed by atoms with E-state index in [9.17, 15) is 24.2 Å². The Morgan fingerprint density at radius 3 is 2.80 bits per heavy atom. The SMILES string of the molecule is CCCC(C)OC(=O)Nc1ccn([C@@H]2O[C@H](CF)[C@@H](O)[C@H]2O)c(=O)n1. The van der Waals surface area contributed by atoms with Gasteiger partial charge in [-0.1, -0.05) is 13.3 Å². The number of alkyl halides is 1. The van der Waals surface area contributed by atoms with Crippen LogP contribution in [-0.4, -0.2) is 56.9 Å². The number of aliphatic hydroxyl groups excluding tert-OH is 2. The van der Waals surface area contributed by atoms with Crippen molar-refractivity contribution in [1.82, 2.24) is 9.55 Å². The summed E-state index contributed by atoms with van der Waals surface area (Å²) in [5.74, 6) is -0.0370. The third kappa shape index (κ3) is 4.53. The van der Waals surface area contributed by atoms with E-state index in [1.807, 2.05) is 6.92 Å². The number of nitrogens with zero attached hydrogens (tertiary/aromatic N) is 2. The number of aromatic nitrogens is 2. The quantitative estimate of drug-likeness (QED) is 0.678. The maximum Gasteiger partial charge on any atom is 0.413 e. The van der Waals surface area contributed by atoms with Crippen molar-refractivity contribution in [2.24, 2.45) is 0 Å². The second-order valence-electron chi connectivity index (χ2n) is 5.83. The van der Waals surface area contributed by atoms with Gasteiger partial charge in [-0.3, -0.25) is 9.88 Å². The molecule has 3 N–H and O–H groups in total. The van der Waals surface area contributed by atoms with Gasteiger partial charge in [-0.05, 0) is 19.4 Å². The van der Waals surface area contributed by atoms with Crippen molar-refractivity contribution < 1.29 is 28.9 Å². The summed E-state index contributed by atoms with van der Waals surface area (Å²) in [7, 11) is 0. The van der Waals surface area contributed by atoms with E-state index in [0.717, 1.165) is 11.0 Å². The van der Waals surface area contributed by atoms with Crippen molar-refractivity contribution in [3.63, 3.8) is 0 Å². The smallest absolute Gasteiger partial charge is 0.413 e. The summed E-state index contributed by atoms with van der Waals surface area (Å²) in [6.07, 6.45) is -3.63. The van der Waals surface area contributed by atoms with E-state index in [1.165, 1.54) is 12.3 Å². The molecule has 0 aliphatic carbocycles. The molecule has 1 saturated heterocycles. The zero-order chi connectivity index (χ0) is 18.6. The number of carbonyl (C=O) groups excluding carboxylic acids is 1. The minimum atomic E-state index is -1.47. The highest BCUT2D eigenvalue weighted by molar-refractivity contribution is 5.83. The van der Waals surface area contributed by atoms with Crippen LogP contribution in [0, 0.1) is 0 Å². The van der Waals surface area contributed by atoms with Gasteiger partial charge in [0.15, 0.2) is 6.23 Å². The summed E-state index contributed by atoms with van der Waals surface area (Å²) in [5, 5.41) is 21.9. The van der Waals surface area contributed by atoms with Crippen LogP contribution in [0.4, 0.5) is 15.0 Å². The fourth-order valence-electron chi connectivity index (χ4n) is 2.54. The number of hydrogen-bond acceptors (Lipinski definition) is 7. The molecule has 1 aliphatic rings. The molecular formula is C15H22FN3O6. The Hall–Kier alpha value is -2.04. The molecule has 2 heterocycles. The highest BCUT2D eigenvalue weighted by Crippen LogP contribution is 2.28. The first-order valence-corrected chi connectivity index (χ1v) is 8.01. The average molecular weight is 359 g/mol. The minimum absolute atomic E-state index is 0.0370. The molecule has 0 bridgehead atoms. The van der Waals surface area contributed by atoms with Gasteiger partial charge < -0.3 is 19.7 Å². The van der Waals surface area contributed by atoms with Gasteiger partial charge in [0.05, 0.1) is 0 Å². The van der Waals surface area contributed by atoms with E-state index in [1.54, 1.807) is 6.92 Å². The summed E-state index contributed by atoms with van der Waals surface area (Å²) >= 11 is 0. The lowest BCUT2D eigenvalue weighted by Gasteiger charge is -2.17. The van der Waals surface area contributed by atoms with E-state index < -0.39 is 43.0 Å². The molecule has 1 amide bonds. The van der Waals surface area contributed by atoms with Crippen LogP contribution in [0.25, 0.3) is 0 Å². The number of halogens is 1. The van der Waals surface area contributed by atoms with E-state index in [0.29, 0.717) is 6.42 Å². The first-order valence-electron chi connectivity index (χ1n) is 8.01. The fraction of sp³-hybridized carbons (Fsp3) is 0.667. The third-order valence-electron chi connectivity index (χ3n) is 3.83. The Kier molecular flexibility index (Phi) is 6.45. The number of amides is 1.